The van der Waals surface area contributed by atoms with E-state index in [1.165, 1.54) is 0 Å². The van der Waals surface area contributed by atoms with E-state index >= 15 is 0 Å². The quantitative estimate of drug-likeness (QED) is 0.390. The standard InChI is InChI=1S/C6H13NO10S2/c7-5-4(17-19(12,13)14)1-3(16-6(5)8)2-15-18(9,10)11/h3-6,8H,1-2,7H2,(H,9,10,11)(H,12,13,14)/t3?,4-,5?,6-/m1/s1. The van der Waals surface area contributed by atoms with Gasteiger partial charge in [0.2, 0.25) is 0 Å². The summed E-state index contributed by atoms with van der Waals surface area (Å²) in [7, 11) is -9.51. The van der Waals surface area contributed by atoms with Crippen LogP contribution >= 0.6 is 0 Å². The van der Waals surface area contributed by atoms with Crippen LogP contribution in [0, 0.1) is 0 Å². The summed E-state index contributed by atoms with van der Waals surface area (Å²) in [5.74, 6) is 0. The van der Waals surface area contributed by atoms with E-state index in [-0.39, 0.29) is 6.42 Å². The fourth-order valence-corrected chi connectivity index (χ4v) is 2.32. The Bertz CT molecular complexity index is 500. The number of aliphatic hydroxyl groups excluding tert-OH is 1. The SMILES string of the molecule is NC1[C@H](O)OC(COS(=O)(=O)O)C[C@H]1OS(=O)(=O)O. The fourth-order valence-electron chi connectivity index (χ4n) is 1.47. The maximum Gasteiger partial charge on any atom is 0.397 e. The van der Waals surface area contributed by atoms with E-state index in [0.717, 1.165) is 0 Å². The lowest BCUT2D eigenvalue weighted by Gasteiger charge is -2.36. The third kappa shape index (κ3) is 6.07. The minimum Gasteiger partial charge on any atom is -0.367 e. The van der Waals surface area contributed by atoms with Crippen LogP contribution in [0.25, 0.3) is 0 Å². The Labute approximate surface area is 109 Å². The Kier molecular flexibility index (Phi) is 5.21. The van der Waals surface area contributed by atoms with Gasteiger partial charge >= 0.3 is 20.8 Å². The van der Waals surface area contributed by atoms with Gasteiger partial charge < -0.3 is 15.6 Å². The van der Waals surface area contributed by atoms with Crippen molar-refractivity contribution in [3.05, 3.63) is 0 Å². The zero-order valence-corrected chi connectivity index (χ0v) is 10.9. The minimum absolute atomic E-state index is 0.284. The van der Waals surface area contributed by atoms with E-state index in [2.05, 4.69) is 8.37 Å². The van der Waals surface area contributed by atoms with Gasteiger partial charge in [-0.05, 0) is 0 Å². The Morgan fingerprint density at radius 1 is 1.21 bits per heavy atom. The molecule has 0 aromatic heterocycles. The van der Waals surface area contributed by atoms with Crippen LogP contribution in [0.3, 0.4) is 0 Å². The summed E-state index contributed by atoms with van der Waals surface area (Å²) in [6, 6.07) is -1.27. The van der Waals surface area contributed by atoms with Gasteiger partial charge in [-0.2, -0.15) is 16.8 Å². The van der Waals surface area contributed by atoms with Crippen molar-refractivity contribution >= 4 is 20.8 Å². The summed E-state index contributed by atoms with van der Waals surface area (Å²) < 4.78 is 71.8. The molecule has 1 rings (SSSR count). The average molecular weight is 323 g/mol. The van der Waals surface area contributed by atoms with Crippen LogP contribution in [0.5, 0.6) is 0 Å². The summed E-state index contributed by atoms with van der Waals surface area (Å²) in [5.41, 5.74) is 5.39. The van der Waals surface area contributed by atoms with Crippen LogP contribution in [0.4, 0.5) is 0 Å². The molecular weight excluding hydrogens is 310 g/mol. The highest BCUT2D eigenvalue weighted by molar-refractivity contribution is 7.81. The van der Waals surface area contributed by atoms with Gasteiger partial charge in [-0.3, -0.25) is 9.11 Å². The van der Waals surface area contributed by atoms with Gasteiger partial charge in [-0.15, -0.1) is 0 Å². The van der Waals surface area contributed by atoms with Crippen molar-refractivity contribution in [2.75, 3.05) is 6.61 Å². The van der Waals surface area contributed by atoms with E-state index in [1.807, 2.05) is 0 Å². The largest absolute Gasteiger partial charge is 0.397 e. The second-order valence-electron chi connectivity index (χ2n) is 3.74. The summed E-state index contributed by atoms with van der Waals surface area (Å²) in [6.07, 6.45) is -4.39. The molecule has 13 heteroatoms. The Morgan fingerprint density at radius 3 is 2.26 bits per heavy atom. The van der Waals surface area contributed by atoms with E-state index < -0.39 is 51.9 Å². The van der Waals surface area contributed by atoms with Crippen LogP contribution in [0.2, 0.25) is 0 Å². The summed E-state index contributed by atoms with van der Waals surface area (Å²) in [4.78, 5) is 0. The van der Waals surface area contributed by atoms with Gasteiger partial charge in [0.25, 0.3) is 0 Å². The molecule has 4 atom stereocenters. The monoisotopic (exact) mass is 323 g/mol. The molecule has 2 unspecified atom stereocenters. The van der Waals surface area contributed by atoms with Crippen molar-refractivity contribution in [2.45, 2.75) is 31.0 Å². The lowest BCUT2D eigenvalue weighted by Crippen LogP contribution is -2.55. The van der Waals surface area contributed by atoms with Crippen molar-refractivity contribution in [1.29, 1.82) is 0 Å². The van der Waals surface area contributed by atoms with Crippen molar-refractivity contribution in [2.24, 2.45) is 5.73 Å². The van der Waals surface area contributed by atoms with Crippen molar-refractivity contribution in [3.8, 4) is 0 Å². The smallest absolute Gasteiger partial charge is 0.367 e. The van der Waals surface area contributed by atoms with Crippen LogP contribution in [0.1, 0.15) is 6.42 Å². The van der Waals surface area contributed by atoms with E-state index in [0.29, 0.717) is 0 Å². The van der Waals surface area contributed by atoms with Gasteiger partial charge in [0.15, 0.2) is 6.29 Å². The molecule has 1 saturated heterocycles. The number of hydrogen-bond acceptors (Lipinski definition) is 9. The number of nitrogens with two attached hydrogens (primary N) is 1. The number of ether oxygens (including phenoxy) is 1. The summed E-state index contributed by atoms with van der Waals surface area (Å²) >= 11 is 0. The summed E-state index contributed by atoms with van der Waals surface area (Å²) in [6.45, 7) is -0.687. The highest BCUT2D eigenvalue weighted by atomic mass is 32.3. The Hall–Kier alpha value is -0.380. The van der Waals surface area contributed by atoms with Gasteiger partial charge in [0.05, 0.1) is 18.8 Å². The predicted molar refractivity (Wildman–Crippen MR) is 57.4 cm³/mol. The molecule has 0 radical (unpaired) electrons. The van der Waals surface area contributed by atoms with Crippen LogP contribution in [0.15, 0.2) is 0 Å². The second-order valence-corrected chi connectivity index (χ2v) is 5.88. The molecule has 1 fully saturated rings. The maximum absolute atomic E-state index is 10.6. The fraction of sp³-hybridized carbons (Fsp3) is 1.00. The normalized spacial score (nSPS) is 33.3. The lowest BCUT2D eigenvalue weighted by molar-refractivity contribution is -0.202. The first-order chi connectivity index (χ1) is 8.48. The van der Waals surface area contributed by atoms with Crippen LogP contribution < -0.4 is 5.73 Å². The topological polar surface area (TPSA) is 183 Å². The molecule has 0 spiro atoms. The molecule has 114 valence electrons. The molecule has 1 aliphatic heterocycles. The van der Waals surface area contributed by atoms with Gasteiger partial charge in [0.1, 0.15) is 6.10 Å². The van der Waals surface area contributed by atoms with Crippen molar-refractivity contribution in [3.63, 3.8) is 0 Å². The molecule has 1 aliphatic rings. The zero-order chi connectivity index (χ0) is 14.8. The highest BCUT2D eigenvalue weighted by Crippen LogP contribution is 2.22. The Balaban J connectivity index is 2.68. The minimum atomic E-state index is -4.80. The average Bonchev–Trinajstić information content (AvgIpc) is 2.19. The zero-order valence-electron chi connectivity index (χ0n) is 9.32. The predicted octanol–water partition coefficient (Wildman–Crippen LogP) is -2.57. The summed E-state index contributed by atoms with van der Waals surface area (Å²) in [5, 5.41) is 9.37. The second kappa shape index (κ2) is 5.94. The molecule has 0 saturated carbocycles. The first kappa shape index (κ1) is 16.7. The number of hydrogen-bond donors (Lipinski definition) is 4. The van der Waals surface area contributed by atoms with Crippen LogP contribution in [-0.4, -0.2) is 62.2 Å². The first-order valence-corrected chi connectivity index (χ1v) is 7.57. The molecule has 5 N–H and O–H groups in total. The third-order valence-corrected chi connectivity index (χ3v) is 3.16. The van der Waals surface area contributed by atoms with E-state index in [9.17, 15) is 21.9 Å². The molecule has 19 heavy (non-hydrogen) atoms. The van der Waals surface area contributed by atoms with Crippen LogP contribution in [-0.2, 0) is 33.9 Å². The van der Waals surface area contributed by atoms with Crippen molar-refractivity contribution in [1.82, 2.24) is 0 Å². The van der Waals surface area contributed by atoms with Gasteiger partial charge in [-0.25, -0.2) is 8.37 Å². The molecule has 0 amide bonds. The molecule has 0 bridgehead atoms. The maximum atomic E-state index is 10.6. The molecular formula is C6H13NO10S2. The lowest BCUT2D eigenvalue weighted by atomic mass is 10.0. The molecule has 0 aliphatic carbocycles. The molecule has 0 aromatic carbocycles. The van der Waals surface area contributed by atoms with Gasteiger partial charge in [0, 0.05) is 6.42 Å². The van der Waals surface area contributed by atoms with E-state index in [1.54, 1.807) is 0 Å². The Morgan fingerprint density at radius 2 is 1.79 bits per heavy atom. The molecule has 0 aromatic rings. The third-order valence-electron chi connectivity index (χ3n) is 2.23. The first-order valence-electron chi connectivity index (χ1n) is 4.84. The number of rotatable bonds is 5. The van der Waals surface area contributed by atoms with Gasteiger partial charge in [-0.1, -0.05) is 0 Å². The van der Waals surface area contributed by atoms with Crippen molar-refractivity contribution < 1.29 is 44.2 Å². The van der Waals surface area contributed by atoms with E-state index in [4.69, 9.17) is 19.6 Å². The number of aliphatic hydroxyl groups is 1. The molecule has 1 heterocycles. The highest BCUT2D eigenvalue weighted by Gasteiger charge is 2.39. The molecule has 11 nitrogen and oxygen atoms in total.